The van der Waals surface area contributed by atoms with E-state index in [0.717, 1.165) is 18.4 Å². The summed E-state index contributed by atoms with van der Waals surface area (Å²) in [6.45, 7) is 7.95. The van der Waals surface area contributed by atoms with Crippen LogP contribution in [0.2, 0.25) is 0 Å². The van der Waals surface area contributed by atoms with Crippen LogP contribution in [0.1, 0.15) is 58.1 Å². The molecular weight excluding hydrogens is 329 g/mol. The second kappa shape index (κ2) is 5.79. The summed E-state index contributed by atoms with van der Waals surface area (Å²) >= 11 is 0. The molecule has 124 valence electrons. The normalized spacial score (nSPS) is 24.6. The number of hydrogen-bond acceptors (Lipinski definition) is 0. The number of rotatable bonds is 3. The number of benzene rings is 1. The third kappa shape index (κ3) is 2.92. The molecule has 22 heavy (non-hydrogen) atoms. The fraction of sp³-hybridized carbons (Fsp3) is 0.529. The Hall–Kier alpha value is -0.610. The van der Waals surface area contributed by atoms with Gasteiger partial charge in [-0.2, -0.15) is 13.2 Å². The largest absolute Gasteiger partial charge is 0.445 e. The van der Waals surface area contributed by atoms with Crippen LogP contribution in [0.15, 0.2) is 28.0 Å². The van der Waals surface area contributed by atoms with Crippen molar-refractivity contribution in [3.8, 4) is 0 Å². The van der Waals surface area contributed by atoms with Crippen LogP contribution in [0.25, 0.3) is 6.08 Å². The molecule has 1 unspecified atom stereocenters. The van der Waals surface area contributed by atoms with Crippen LogP contribution in [0.5, 0.6) is 0 Å². The number of unbranched alkanes of at least 4 members (excludes halogenated alkanes) is 1. The Morgan fingerprint density at radius 3 is 2.27 bits per heavy atom. The first-order chi connectivity index (χ1) is 10.0. The van der Waals surface area contributed by atoms with Crippen molar-refractivity contribution in [1.29, 1.82) is 0 Å². The zero-order valence-corrected chi connectivity index (χ0v) is 14.9. The predicted octanol–water partition coefficient (Wildman–Crippen LogP) is 7.37. The first-order valence-corrected chi connectivity index (χ1v) is 9.92. The highest BCUT2D eigenvalue weighted by atomic mass is 35.7. The summed E-state index contributed by atoms with van der Waals surface area (Å²) < 4.78 is 41.4. The molecule has 0 spiro atoms. The molecule has 0 aromatic heterocycles. The van der Waals surface area contributed by atoms with Gasteiger partial charge in [-0.25, -0.2) is 0 Å². The van der Waals surface area contributed by atoms with E-state index in [1.54, 1.807) is 18.2 Å². The zero-order valence-electron chi connectivity index (χ0n) is 13.4. The van der Waals surface area contributed by atoms with Crippen LogP contribution in [0, 0.1) is 0 Å². The fourth-order valence-corrected chi connectivity index (χ4v) is 5.65. The van der Waals surface area contributed by atoms with E-state index in [-0.39, 0.29) is 10.3 Å². The van der Waals surface area contributed by atoms with Gasteiger partial charge in [-0.15, -0.1) is 0 Å². The summed E-state index contributed by atoms with van der Waals surface area (Å²) in [4.78, 5) is 0.616. The summed E-state index contributed by atoms with van der Waals surface area (Å²) in [7, 11) is 2.85. The Bertz CT molecular complexity index is 599. The van der Waals surface area contributed by atoms with E-state index in [1.807, 2.05) is 33.8 Å². The van der Waals surface area contributed by atoms with Gasteiger partial charge in [0.25, 0.3) is 0 Å². The highest BCUT2D eigenvalue weighted by Crippen LogP contribution is 2.80. The molecule has 0 saturated carbocycles. The van der Waals surface area contributed by atoms with E-state index in [9.17, 15) is 13.2 Å². The van der Waals surface area contributed by atoms with Crippen molar-refractivity contribution < 1.29 is 13.2 Å². The lowest BCUT2D eigenvalue weighted by Crippen LogP contribution is -2.17. The molecule has 1 atom stereocenters. The molecule has 0 N–H and O–H groups in total. The summed E-state index contributed by atoms with van der Waals surface area (Å²) in [5.74, 6) is 0. The minimum atomic E-state index is -4.42. The summed E-state index contributed by atoms with van der Waals surface area (Å²) in [6, 6.07) is 5.36. The molecule has 0 aliphatic carbocycles. The second-order valence-electron chi connectivity index (χ2n) is 6.70. The van der Waals surface area contributed by atoms with Gasteiger partial charge in [0.05, 0.1) is 0 Å². The maximum absolute atomic E-state index is 13.8. The Morgan fingerprint density at radius 2 is 1.77 bits per heavy atom. The van der Waals surface area contributed by atoms with E-state index in [0.29, 0.717) is 16.9 Å². The van der Waals surface area contributed by atoms with E-state index in [1.165, 1.54) is 0 Å². The number of fused-ring (bicyclic) bond motifs is 1. The fourth-order valence-electron chi connectivity index (χ4n) is 2.60. The maximum atomic E-state index is 13.8. The van der Waals surface area contributed by atoms with Crippen LogP contribution in [0.4, 0.5) is 13.2 Å². The number of alkyl halides is 3. The monoisotopic (exact) mass is 350 g/mol. The molecule has 1 aromatic rings. The van der Waals surface area contributed by atoms with Gasteiger partial charge in [-0.3, -0.25) is 0 Å². The molecule has 2 rings (SSSR count). The van der Waals surface area contributed by atoms with E-state index >= 15 is 0 Å². The topological polar surface area (TPSA) is 0 Å². The van der Waals surface area contributed by atoms with Gasteiger partial charge < -0.3 is 0 Å². The van der Waals surface area contributed by atoms with Crippen molar-refractivity contribution >= 4 is 26.0 Å². The molecule has 0 saturated heterocycles. The Labute approximate surface area is 136 Å². The van der Waals surface area contributed by atoms with Crippen molar-refractivity contribution in [1.82, 2.24) is 0 Å². The third-order valence-electron chi connectivity index (χ3n) is 3.96. The summed E-state index contributed by atoms with van der Waals surface area (Å²) in [6.07, 6.45) is 3.65. The van der Waals surface area contributed by atoms with Crippen LogP contribution >= 0.6 is 19.9 Å². The highest BCUT2D eigenvalue weighted by molar-refractivity contribution is 8.54. The third-order valence-corrected chi connectivity index (χ3v) is 8.22. The van der Waals surface area contributed by atoms with Gasteiger partial charge in [0.15, 0.2) is 0 Å². The standard InChI is InChI=1S/C17H22ClF3S/c1-5-6-7-14-10-12-8-9-13(16(2,3)4)11-15(12)22(14,18)17(19,20)21/h8-11H,5-7H2,1-4H3. The predicted molar refractivity (Wildman–Crippen MR) is 90.4 cm³/mol. The molecule has 0 radical (unpaired) electrons. The molecule has 5 heteroatoms. The van der Waals surface area contributed by atoms with Crippen LogP contribution in [-0.4, -0.2) is 5.51 Å². The Balaban J connectivity index is 2.57. The minimum absolute atomic E-state index is 0.204. The highest BCUT2D eigenvalue weighted by Gasteiger charge is 2.55. The average Bonchev–Trinajstić information content (AvgIpc) is 2.68. The Kier molecular flexibility index (Phi) is 4.67. The molecule has 0 nitrogen and oxygen atoms in total. The van der Waals surface area contributed by atoms with Gasteiger partial charge in [-0.1, -0.05) is 46.2 Å². The number of hydrogen-bond donors (Lipinski definition) is 0. The summed E-state index contributed by atoms with van der Waals surface area (Å²) in [5.41, 5.74) is -3.11. The lowest BCUT2D eigenvalue weighted by molar-refractivity contribution is -0.0359. The molecule has 0 amide bonds. The lowest BCUT2D eigenvalue weighted by atomic mass is 9.86. The SMILES string of the molecule is CCCCC1=Cc2ccc(C(C)(C)C)cc2S1(Cl)C(F)(F)F. The van der Waals surface area contributed by atoms with Crippen LogP contribution in [-0.2, 0) is 5.41 Å². The lowest BCUT2D eigenvalue weighted by Gasteiger charge is -2.35. The molecule has 1 heterocycles. The van der Waals surface area contributed by atoms with Crippen LogP contribution < -0.4 is 0 Å². The first-order valence-electron chi connectivity index (χ1n) is 7.46. The molecule has 0 bridgehead atoms. The molecular formula is C17H22ClF3S. The molecule has 1 aliphatic rings. The van der Waals surface area contributed by atoms with Gasteiger partial charge in [0, 0.05) is 4.90 Å². The number of allylic oxidation sites excluding steroid dienone is 1. The average molecular weight is 351 g/mol. The van der Waals surface area contributed by atoms with E-state index in [2.05, 4.69) is 0 Å². The molecule has 0 fully saturated rings. The minimum Gasteiger partial charge on any atom is -0.160 e. The number of halogens is 4. The van der Waals surface area contributed by atoms with Crippen molar-refractivity contribution in [3.05, 3.63) is 34.2 Å². The van der Waals surface area contributed by atoms with Crippen molar-refractivity contribution in [2.75, 3.05) is 0 Å². The Morgan fingerprint density at radius 1 is 1.14 bits per heavy atom. The van der Waals surface area contributed by atoms with Crippen molar-refractivity contribution in [2.24, 2.45) is 0 Å². The van der Waals surface area contributed by atoms with Gasteiger partial charge >= 0.3 is 5.51 Å². The van der Waals surface area contributed by atoms with Gasteiger partial charge in [0.2, 0.25) is 0 Å². The first kappa shape index (κ1) is 17.7. The van der Waals surface area contributed by atoms with Gasteiger partial charge in [-0.05, 0) is 66.4 Å². The van der Waals surface area contributed by atoms with Crippen molar-refractivity contribution in [2.45, 2.75) is 62.8 Å². The van der Waals surface area contributed by atoms with E-state index < -0.39 is 14.7 Å². The van der Waals surface area contributed by atoms with Gasteiger partial charge in [0.1, 0.15) is 0 Å². The molecule has 1 aliphatic heterocycles. The quantitative estimate of drug-likeness (QED) is 0.534. The second-order valence-corrected chi connectivity index (χ2v) is 10.6. The zero-order chi connectivity index (χ0) is 16.8. The molecule has 1 aromatic carbocycles. The van der Waals surface area contributed by atoms with Crippen molar-refractivity contribution in [3.63, 3.8) is 0 Å². The maximum Gasteiger partial charge on any atom is 0.445 e. The van der Waals surface area contributed by atoms with E-state index in [4.69, 9.17) is 10.7 Å². The smallest absolute Gasteiger partial charge is 0.160 e. The summed E-state index contributed by atoms with van der Waals surface area (Å²) in [5, 5.41) is 0. The van der Waals surface area contributed by atoms with Crippen LogP contribution in [0.3, 0.4) is 0 Å².